The van der Waals surface area contributed by atoms with Crippen LogP contribution in [0.2, 0.25) is 0 Å². The highest BCUT2D eigenvalue weighted by atomic mass is 16.2. The number of nitrogens with zero attached hydrogens (tertiary/aromatic N) is 3. The van der Waals surface area contributed by atoms with E-state index in [9.17, 15) is 4.79 Å². The van der Waals surface area contributed by atoms with Crippen LogP contribution >= 0.6 is 0 Å². The second-order valence-corrected chi connectivity index (χ2v) is 6.42. The van der Waals surface area contributed by atoms with Gasteiger partial charge in [-0.1, -0.05) is 13.3 Å². The highest BCUT2D eigenvalue weighted by Gasteiger charge is 2.43. The predicted molar refractivity (Wildman–Crippen MR) is 80.3 cm³/mol. The summed E-state index contributed by atoms with van der Waals surface area (Å²) < 4.78 is 0. The van der Waals surface area contributed by atoms with Crippen molar-refractivity contribution < 1.29 is 4.79 Å². The molecule has 2 aliphatic rings. The summed E-state index contributed by atoms with van der Waals surface area (Å²) >= 11 is 0. The third kappa shape index (κ3) is 2.79. The Morgan fingerprint density at radius 2 is 2.29 bits per heavy atom. The lowest BCUT2D eigenvalue weighted by Gasteiger charge is -2.32. The standard InChI is InChI=1S/C16H24N4O/c1-11-9-12-5-3-7-14(12)20(16(21)15(11)17-2)10-13-6-4-8-18-19-13/h4,6,8,11-12,14-15,17H,3,5,7,9-10H2,1-2H3. The fourth-order valence-electron chi connectivity index (χ4n) is 4.10. The van der Waals surface area contributed by atoms with Gasteiger partial charge in [0.1, 0.15) is 0 Å². The van der Waals surface area contributed by atoms with Gasteiger partial charge in [0, 0.05) is 12.2 Å². The third-order valence-corrected chi connectivity index (χ3v) is 5.08. The molecule has 5 heteroatoms. The second kappa shape index (κ2) is 6.10. The highest BCUT2D eigenvalue weighted by Crippen LogP contribution is 2.39. The smallest absolute Gasteiger partial charge is 0.240 e. The van der Waals surface area contributed by atoms with E-state index < -0.39 is 0 Å². The first kappa shape index (κ1) is 14.4. The number of likely N-dealkylation sites (tertiary alicyclic amines) is 1. The van der Waals surface area contributed by atoms with E-state index in [2.05, 4.69) is 27.3 Å². The monoisotopic (exact) mass is 288 g/mol. The summed E-state index contributed by atoms with van der Waals surface area (Å²) in [6.07, 6.45) is 6.41. The number of fused-ring (bicyclic) bond motifs is 1. The lowest BCUT2D eigenvalue weighted by Crippen LogP contribution is -2.49. The van der Waals surface area contributed by atoms with Crippen LogP contribution in [0, 0.1) is 11.8 Å². The summed E-state index contributed by atoms with van der Waals surface area (Å²) in [7, 11) is 1.89. The van der Waals surface area contributed by atoms with Gasteiger partial charge in [0.05, 0.1) is 18.3 Å². The van der Waals surface area contributed by atoms with Gasteiger partial charge in [-0.25, -0.2) is 0 Å². The Morgan fingerprint density at radius 1 is 1.43 bits per heavy atom. The van der Waals surface area contributed by atoms with E-state index in [0.717, 1.165) is 18.5 Å². The number of carbonyl (C=O) groups is 1. The minimum atomic E-state index is -0.0766. The molecule has 1 aliphatic heterocycles. The second-order valence-electron chi connectivity index (χ2n) is 6.42. The normalized spacial score (nSPS) is 32.9. The molecule has 4 unspecified atom stereocenters. The van der Waals surface area contributed by atoms with Crippen LogP contribution in [0.1, 0.15) is 38.3 Å². The van der Waals surface area contributed by atoms with E-state index in [1.165, 1.54) is 12.8 Å². The summed E-state index contributed by atoms with van der Waals surface area (Å²) in [5.41, 5.74) is 0.876. The number of amides is 1. The molecule has 1 amide bonds. The van der Waals surface area contributed by atoms with E-state index in [4.69, 9.17) is 0 Å². The topological polar surface area (TPSA) is 58.1 Å². The average molecular weight is 288 g/mol. The minimum absolute atomic E-state index is 0.0766. The molecule has 114 valence electrons. The number of hydrogen-bond donors (Lipinski definition) is 1. The zero-order chi connectivity index (χ0) is 14.8. The molecule has 0 bridgehead atoms. The van der Waals surface area contributed by atoms with Crippen molar-refractivity contribution in [2.75, 3.05) is 7.05 Å². The zero-order valence-corrected chi connectivity index (χ0v) is 12.8. The van der Waals surface area contributed by atoms with E-state index in [0.29, 0.717) is 24.4 Å². The number of hydrogen-bond acceptors (Lipinski definition) is 4. The molecular formula is C16H24N4O. The average Bonchev–Trinajstić information content (AvgIpc) is 2.91. The Morgan fingerprint density at radius 3 is 3.00 bits per heavy atom. The van der Waals surface area contributed by atoms with Gasteiger partial charge in [0.15, 0.2) is 0 Å². The molecule has 1 aromatic rings. The quantitative estimate of drug-likeness (QED) is 0.918. The molecule has 1 N–H and O–H groups in total. The molecule has 0 aromatic carbocycles. The molecule has 1 saturated carbocycles. The van der Waals surface area contributed by atoms with Crippen molar-refractivity contribution in [3.63, 3.8) is 0 Å². The van der Waals surface area contributed by atoms with Gasteiger partial charge in [0.2, 0.25) is 5.91 Å². The van der Waals surface area contributed by atoms with Crippen LogP contribution in [-0.2, 0) is 11.3 Å². The summed E-state index contributed by atoms with van der Waals surface area (Å²) in [5.74, 6) is 1.25. The van der Waals surface area contributed by atoms with Crippen LogP contribution in [0.3, 0.4) is 0 Å². The van der Waals surface area contributed by atoms with Crippen LogP contribution in [0.4, 0.5) is 0 Å². The van der Waals surface area contributed by atoms with Crippen molar-refractivity contribution >= 4 is 5.91 Å². The van der Waals surface area contributed by atoms with Gasteiger partial charge >= 0.3 is 0 Å². The van der Waals surface area contributed by atoms with Gasteiger partial charge in [-0.15, -0.1) is 0 Å². The van der Waals surface area contributed by atoms with Crippen molar-refractivity contribution in [2.45, 2.75) is 51.2 Å². The summed E-state index contributed by atoms with van der Waals surface area (Å²) in [6, 6.07) is 4.13. The molecule has 4 atom stereocenters. The Hall–Kier alpha value is -1.49. The molecule has 1 saturated heterocycles. The number of carbonyl (C=O) groups excluding carboxylic acids is 1. The number of likely N-dealkylation sites (N-methyl/N-ethyl adjacent to an activating group) is 1. The predicted octanol–water partition coefficient (Wildman–Crippen LogP) is 1.60. The molecule has 2 heterocycles. The first-order valence-electron chi connectivity index (χ1n) is 7.95. The Bertz CT molecular complexity index is 492. The van der Waals surface area contributed by atoms with Crippen molar-refractivity contribution in [3.8, 4) is 0 Å². The molecule has 1 aliphatic carbocycles. The first-order chi connectivity index (χ1) is 10.2. The van der Waals surface area contributed by atoms with Crippen molar-refractivity contribution in [1.29, 1.82) is 0 Å². The van der Waals surface area contributed by atoms with Crippen molar-refractivity contribution in [2.24, 2.45) is 11.8 Å². The molecule has 0 spiro atoms. The van der Waals surface area contributed by atoms with E-state index in [-0.39, 0.29) is 11.9 Å². The Balaban J connectivity index is 1.88. The first-order valence-corrected chi connectivity index (χ1v) is 7.95. The number of nitrogens with one attached hydrogen (secondary N) is 1. The number of aromatic nitrogens is 2. The van der Waals surface area contributed by atoms with Crippen molar-refractivity contribution in [3.05, 3.63) is 24.0 Å². The zero-order valence-electron chi connectivity index (χ0n) is 12.8. The maximum atomic E-state index is 12.9. The molecule has 5 nitrogen and oxygen atoms in total. The van der Waals surface area contributed by atoms with E-state index >= 15 is 0 Å². The molecule has 0 radical (unpaired) electrons. The van der Waals surface area contributed by atoms with Gasteiger partial charge < -0.3 is 10.2 Å². The largest absolute Gasteiger partial charge is 0.332 e. The van der Waals surface area contributed by atoms with E-state index in [1.807, 2.05) is 19.2 Å². The third-order valence-electron chi connectivity index (χ3n) is 5.08. The van der Waals surface area contributed by atoms with Crippen LogP contribution in [-0.4, -0.2) is 40.1 Å². The summed E-state index contributed by atoms with van der Waals surface area (Å²) in [5, 5.41) is 11.3. The fraction of sp³-hybridized carbons (Fsp3) is 0.688. The maximum Gasteiger partial charge on any atom is 0.240 e. The van der Waals surface area contributed by atoms with Gasteiger partial charge in [-0.05, 0) is 50.3 Å². The van der Waals surface area contributed by atoms with Gasteiger partial charge in [-0.2, -0.15) is 10.2 Å². The van der Waals surface area contributed by atoms with Gasteiger partial charge in [0.25, 0.3) is 0 Å². The number of rotatable bonds is 3. The van der Waals surface area contributed by atoms with E-state index in [1.54, 1.807) is 6.20 Å². The van der Waals surface area contributed by atoms with Crippen LogP contribution in [0.5, 0.6) is 0 Å². The summed E-state index contributed by atoms with van der Waals surface area (Å²) in [6.45, 7) is 2.78. The van der Waals surface area contributed by atoms with Gasteiger partial charge in [-0.3, -0.25) is 4.79 Å². The fourth-order valence-corrected chi connectivity index (χ4v) is 4.10. The lowest BCUT2D eigenvalue weighted by molar-refractivity contribution is -0.136. The molecule has 21 heavy (non-hydrogen) atoms. The van der Waals surface area contributed by atoms with Crippen LogP contribution < -0.4 is 5.32 Å². The Labute approximate surface area is 126 Å². The maximum absolute atomic E-state index is 12.9. The molecular weight excluding hydrogens is 264 g/mol. The molecule has 2 fully saturated rings. The highest BCUT2D eigenvalue weighted by molar-refractivity contribution is 5.83. The summed E-state index contributed by atoms with van der Waals surface area (Å²) in [4.78, 5) is 15.0. The molecule has 1 aromatic heterocycles. The van der Waals surface area contributed by atoms with Crippen LogP contribution in [0.15, 0.2) is 18.3 Å². The van der Waals surface area contributed by atoms with Crippen molar-refractivity contribution in [1.82, 2.24) is 20.4 Å². The Kier molecular flexibility index (Phi) is 4.19. The molecule has 3 rings (SSSR count). The SMILES string of the molecule is CNC1C(=O)N(Cc2cccnn2)C2CCCC2CC1C. The lowest BCUT2D eigenvalue weighted by atomic mass is 9.90. The van der Waals surface area contributed by atoms with Crippen LogP contribution in [0.25, 0.3) is 0 Å². The minimum Gasteiger partial charge on any atom is -0.332 e.